The van der Waals surface area contributed by atoms with E-state index < -0.39 is 5.97 Å². The molecule has 1 atom stereocenters. The summed E-state index contributed by atoms with van der Waals surface area (Å²) >= 11 is 0. The molecule has 7 heteroatoms. The predicted molar refractivity (Wildman–Crippen MR) is 127 cm³/mol. The van der Waals surface area contributed by atoms with Gasteiger partial charge in [0.1, 0.15) is 0 Å². The second-order valence-electron chi connectivity index (χ2n) is 8.05. The number of rotatable bonds is 11. The fraction of sp³-hybridized carbons (Fsp3) is 0.520. The molecule has 174 valence electrons. The first-order chi connectivity index (χ1) is 15.5. The van der Waals surface area contributed by atoms with Crippen molar-refractivity contribution in [2.45, 2.75) is 58.4 Å². The maximum absolute atomic E-state index is 11.4. The first-order valence-electron chi connectivity index (χ1n) is 11.6. The third-order valence-electron chi connectivity index (χ3n) is 6.00. The first-order valence-corrected chi connectivity index (χ1v) is 11.6. The largest absolute Gasteiger partial charge is 0.481 e. The zero-order chi connectivity index (χ0) is 22.9. The molecule has 2 aromatic rings. The number of hydrogen-bond donors (Lipinski definition) is 2. The molecule has 0 unspecified atom stereocenters. The minimum absolute atomic E-state index is 0.0290. The molecule has 2 heterocycles. The van der Waals surface area contributed by atoms with Crippen LogP contribution in [0.3, 0.4) is 0 Å². The topological polar surface area (TPSA) is 83.9 Å². The molecule has 1 aliphatic heterocycles. The fourth-order valence-corrected chi connectivity index (χ4v) is 4.33. The number of hydrogen-bond acceptors (Lipinski definition) is 6. The molecule has 1 aromatic carbocycles. The summed E-state index contributed by atoms with van der Waals surface area (Å²) in [6.07, 6.45) is 4.65. The van der Waals surface area contributed by atoms with Crippen LogP contribution in [-0.4, -0.2) is 48.5 Å². The Morgan fingerprint density at radius 1 is 1.25 bits per heavy atom. The van der Waals surface area contributed by atoms with Gasteiger partial charge >= 0.3 is 5.97 Å². The van der Waals surface area contributed by atoms with Crippen LogP contribution in [0.25, 0.3) is 0 Å². The van der Waals surface area contributed by atoms with Crippen molar-refractivity contribution in [2.75, 3.05) is 36.6 Å². The monoisotopic (exact) mass is 441 g/mol. The minimum Gasteiger partial charge on any atom is -0.481 e. The van der Waals surface area contributed by atoms with Gasteiger partial charge in [-0.15, -0.1) is 0 Å². The van der Waals surface area contributed by atoms with Crippen LogP contribution < -0.4 is 15.0 Å². The Hall–Kier alpha value is -2.80. The quantitative estimate of drug-likeness (QED) is 0.496. The van der Waals surface area contributed by atoms with Gasteiger partial charge in [-0.3, -0.25) is 4.79 Å². The summed E-state index contributed by atoms with van der Waals surface area (Å²) in [6, 6.07) is 10.5. The van der Waals surface area contributed by atoms with Crippen molar-refractivity contribution in [3.63, 3.8) is 0 Å². The Kier molecular flexibility index (Phi) is 8.73. The number of anilines is 3. The van der Waals surface area contributed by atoms with Gasteiger partial charge < -0.3 is 24.8 Å². The van der Waals surface area contributed by atoms with E-state index in [1.165, 1.54) is 0 Å². The van der Waals surface area contributed by atoms with Crippen molar-refractivity contribution in [1.82, 2.24) is 4.98 Å². The summed E-state index contributed by atoms with van der Waals surface area (Å²) in [5.41, 5.74) is 3.97. The van der Waals surface area contributed by atoms with E-state index in [0.29, 0.717) is 18.5 Å². The molecule has 0 radical (unpaired) electrons. The number of nitrogens with zero attached hydrogens (tertiary/aromatic N) is 2. The SMILES string of the molecule is CCOc1ccc(Nc2cc([C@@H](CC)CC(=O)O)ccc2N(CC)C2CCOCC2)cn1. The minimum atomic E-state index is -0.775. The van der Waals surface area contributed by atoms with E-state index in [4.69, 9.17) is 9.47 Å². The number of ether oxygens (including phenoxy) is 2. The summed E-state index contributed by atoms with van der Waals surface area (Å²) < 4.78 is 11.0. The third-order valence-corrected chi connectivity index (χ3v) is 6.00. The number of benzene rings is 1. The van der Waals surface area contributed by atoms with E-state index in [9.17, 15) is 9.90 Å². The highest BCUT2D eigenvalue weighted by atomic mass is 16.5. The molecule has 1 aromatic heterocycles. The molecule has 1 aliphatic rings. The molecular weight excluding hydrogens is 406 g/mol. The lowest BCUT2D eigenvalue weighted by Gasteiger charge is -2.37. The Bertz CT molecular complexity index is 866. The van der Waals surface area contributed by atoms with E-state index in [1.54, 1.807) is 6.20 Å². The lowest BCUT2D eigenvalue weighted by molar-refractivity contribution is -0.137. The maximum atomic E-state index is 11.4. The van der Waals surface area contributed by atoms with Gasteiger partial charge in [-0.25, -0.2) is 4.98 Å². The summed E-state index contributed by atoms with van der Waals surface area (Å²) in [7, 11) is 0. The van der Waals surface area contributed by atoms with E-state index in [2.05, 4.69) is 40.3 Å². The van der Waals surface area contributed by atoms with Crippen molar-refractivity contribution in [3.8, 4) is 5.88 Å². The van der Waals surface area contributed by atoms with Gasteiger partial charge in [0.25, 0.3) is 0 Å². The first kappa shape index (κ1) is 23.9. The van der Waals surface area contributed by atoms with Crippen molar-refractivity contribution in [1.29, 1.82) is 0 Å². The van der Waals surface area contributed by atoms with Crippen LogP contribution in [0.4, 0.5) is 17.1 Å². The van der Waals surface area contributed by atoms with Crippen molar-refractivity contribution < 1.29 is 19.4 Å². The van der Waals surface area contributed by atoms with Gasteiger partial charge in [0.2, 0.25) is 5.88 Å². The average molecular weight is 442 g/mol. The molecule has 0 bridgehead atoms. The Morgan fingerprint density at radius 3 is 2.62 bits per heavy atom. The van der Waals surface area contributed by atoms with Crippen LogP contribution in [0.2, 0.25) is 0 Å². The number of carbonyl (C=O) groups is 1. The predicted octanol–water partition coefficient (Wildman–Crippen LogP) is 5.20. The molecule has 0 spiro atoms. The Labute approximate surface area is 190 Å². The maximum Gasteiger partial charge on any atom is 0.303 e. The molecule has 2 N–H and O–H groups in total. The van der Waals surface area contributed by atoms with E-state index >= 15 is 0 Å². The Balaban J connectivity index is 1.96. The van der Waals surface area contributed by atoms with E-state index in [-0.39, 0.29) is 12.3 Å². The number of aromatic nitrogens is 1. The van der Waals surface area contributed by atoms with Gasteiger partial charge in [-0.2, -0.15) is 0 Å². The molecular formula is C25H35N3O4. The second kappa shape index (κ2) is 11.7. The van der Waals surface area contributed by atoms with Crippen LogP contribution in [0, 0.1) is 0 Å². The molecule has 0 aliphatic carbocycles. The lowest BCUT2D eigenvalue weighted by Crippen LogP contribution is -2.39. The van der Waals surface area contributed by atoms with Crippen LogP contribution in [0.1, 0.15) is 57.9 Å². The standard InChI is InChI=1S/C25H35N3O4/c1-4-18(16-25(29)30)19-7-9-23(28(5-2)21-11-13-31-14-12-21)22(15-19)27-20-8-10-24(26-17-20)32-6-3/h7-10,15,17-18,21,27H,4-6,11-14,16H2,1-3H3,(H,29,30)/t18-/m0/s1. The van der Waals surface area contributed by atoms with Gasteiger partial charge in [0, 0.05) is 31.9 Å². The molecule has 3 rings (SSSR count). The fourth-order valence-electron chi connectivity index (χ4n) is 4.33. The summed E-state index contributed by atoms with van der Waals surface area (Å²) in [5.74, 6) is -0.209. The Morgan fingerprint density at radius 2 is 2.03 bits per heavy atom. The van der Waals surface area contributed by atoms with Crippen LogP contribution in [0.5, 0.6) is 5.88 Å². The molecule has 0 amide bonds. The number of pyridine rings is 1. The molecule has 0 saturated carbocycles. The van der Waals surface area contributed by atoms with Gasteiger partial charge in [-0.05, 0) is 62.8 Å². The summed E-state index contributed by atoms with van der Waals surface area (Å²) in [6.45, 7) is 9.15. The number of aliphatic carboxylic acids is 1. The number of carboxylic acids is 1. The number of carboxylic acid groups (broad SMARTS) is 1. The normalized spacial score (nSPS) is 15.2. The van der Waals surface area contributed by atoms with Gasteiger partial charge in [0.05, 0.1) is 36.3 Å². The highest BCUT2D eigenvalue weighted by molar-refractivity contribution is 5.77. The average Bonchev–Trinajstić information content (AvgIpc) is 2.81. The van der Waals surface area contributed by atoms with Crippen molar-refractivity contribution in [2.24, 2.45) is 0 Å². The summed E-state index contributed by atoms with van der Waals surface area (Å²) in [5, 5.41) is 12.9. The van der Waals surface area contributed by atoms with Crippen LogP contribution in [0.15, 0.2) is 36.5 Å². The van der Waals surface area contributed by atoms with Crippen LogP contribution in [-0.2, 0) is 9.53 Å². The molecule has 1 saturated heterocycles. The zero-order valence-corrected chi connectivity index (χ0v) is 19.3. The number of nitrogens with one attached hydrogen (secondary N) is 1. The lowest BCUT2D eigenvalue weighted by atomic mass is 9.92. The van der Waals surface area contributed by atoms with Crippen LogP contribution >= 0.6 is 0 Å². The zero-order valence-electron chi connectivity index (χ0n) is 19.3. The second-order valence-corrected chi connectivity index (χ2v) is 8.05. The smallest absolute Gasteiger partial charge is 0.303 e. The van der Waals surface area contributed by atoms with Crippen molar-refractivity contribution in [3.05, 3.63) is 42.1 Å². The third kappa shape index (κ3) is 6.13. The molecule has 32 heavy (non-hydrogen) atoms. The highest BCUT2D eigenvalue weighted by Crippen LogP contribution is 2.36. The summed E-state index contributed by atoms with van der Waals surface area (Å²) in [4.78, 5) is 18.2. The van der Waals surface area contributed by atoms with Gasteiger partial charge in [0.15, 0.2) is 0 Å². The van der Waals surface area contributed by atoms with E-state index in [0.717, 1.165) is 61.6 Å². The molecule has 7 nitrogen and oxygen atoms in total. The van der Waals surface area contributed by atoms with E-state index in [1.807, 2.05) is 26.0 Å². The van der Waals surface area contributed by atoms with Gasteiger partial charge in [-0.1, -0.05) is 13.0 Å². The highest BCUT2D eigenvalue weighted by Gasteiger charge is 2.24. The van der Waals surface area contributed by atoms with Crippen molar-refractivity contribution >= 4 is 23.0 Å². The molecule has 1 fully saturated rings.